The van der Waals surface area contributed by atoms with E-state index in [2.05, 4.69) is 17.5 Å². The van der Waals surface area contributed by atoms with Gasteiger partial charge in [-0.15, -0.1) is 0 Å². The molecule has 0 bridgehead atoms. The summed E-state index contributed by atoms with van der Waals surface area (Å²) in [5, 5.41) is 22.9. The Labute approximate surface area is 128 Å². The van der Waals surface area contributed by atoms with Crippen LogP contribution in [0, 0.1) is 10.7 Å². The Kier molecular flexibility index (Phi) is 50.7. The van der Waals surface area contributed by atoms with Crippen LogP contribution in [-0.2, 0) is 4.89 Å². The Bertz CT molecular complexity index is 106. The third-order valence-corrected chi connectivity index (χ3v) is 0.0781. The van der Waals surface area contributed by atoms with Gasteiger partial charge in [-0.3, -0.25) is 4.89 Å². The van der Waals surface area contributed by atoms with E-state index in [0.717, 1.165) is 0 Å². The first-order chi connectivity index (χ1) is 3.68. The van der Waals surface area contributed by atoms with E-state index in [-0.39, 0.29) is 80.9 Å². The van der Waals surface area contributed by atoms with Gasteiger partial charge in [0, 0.05) is 0 Å². The summed E-state index contributed by atoms with van der Waals surface area (Å²) in [5.41, 5.74) is 0. The first-order valence-electron chi connectivity index (χ1n) is 1.26. The van der Waals surface area contributed by atoms with E-state index in [4.69, 9.17) is 20.4 Å². The van der Waals surface area contributed by atoms with Crippen molar-refractivity contribution in [2.24, 2.45) is 0 Å². The van der Waals surface area contributed by atoms with Crippen molar-refractivity contribution in [2.45, 2.75) is 0 Å². The van der Waals surface area contributed by atoms with E-state index in [9.17, 15) is 0 Å². The molecular weight excluding hydrogens is 196 g/mol. The molecule has 0 unspecified atom stereocenters. The maximum absolute atomic E-state index is 8.90. The van der Waals surface area contributed by atoms with Crippen LogP contribution in [-0.4, -0.2) is 97.5 Å². The fourth-order valence-corrected chi connectivity index (χ4v) is 0. The standard InChI is InChI=1S/CHNS.CH2O4.K.Na.2H/c2-1-3;2-1(3)5-4;;;;/h3H;4H,(H,2,3);;;;. The second-order valence-electron chi connectivity index (χ2n) is 0.457. The van der Waals surface area contributed by atoms with Gasteiger partial charge in [0.1, 0.15) is 5.40 Å². The molecule has 0 fully saturated rings. The molecule has 0 heterocycles. The van der Waals surface area contributed by atoms with Crippen molar-refractivity contribution in [3.05, 3.63) is 0 Å². The molecule has 0 spiro atoms. The molecule has 8 heteroatoms. The normalized spacial score (nSPS) is 4.10. The van der Waals surface area contributed by atoms with Gasteiger partial charge in [-0.05, 0) is 0 Å². The monoisotopic (exact) mass is 201 g/mol. The number of hydrogen-bond donors (Lipinski definition) is 3. The van der Waals surface area contributed by atoms with E-state index < -0.39 is 6.16 Å². The van der Waals surface area contributed by atoms with Gasteiger partial charge in [0.25, 0.3) is 0 Å². The van der Waals surface area contributed by atoms with E-state index in [0.29, 0.717) is 0 Å². The summed E-state index contributed by atoms with van der Waals surface area (Å²) in [6.07, 6.45) is -1.69. The van der Waals surface area contributed by atoms with Crippen molar-refractivity contribution in [1.29, 1.82) is 5.26 Å². The Morgan fingerprint density at radius 2 is 1.80 bits per heavy atom. The Hall–Kier alpha value is 1.71. The summed E-state index contributed by atoms with van der Waals surface area (Å²) >= 11 is 3.09. The Balaban J connectivity index is -0.0000000326. The molecule has 0 aromatic heterocycles. The Morgan fingerprint density at radius 3 is 1.80 bits per heavy atom. The number of hydrogen-bond acceptors (Lipinski definition) is 5. The Morgan fingerprint density at radius 1 is 1.70 bits per heavy atom. The van der Waals surface area contributed by atoms with E-state index in [1.807, 2.05) is 0 Å². The number of thiocyanates is 1. The van der Waals surface area contributed by atoms with Crippen LogP contribution < -0.4 is 0 Å². The van der Waals surface area contributed by atoms with Crippen molar-refractivity contribution in [2.75, 3.05) is 0 Å². The van der Waals surface area contributed by atoms with E-state index in [1.54, 1.807) is 0 Å². The van der Waals surface area contributed by atoms with Crippen molar-refractivity contribution >= 4 is 99.7 Å². The van der Waals surface area contributed by atoms with Gasteiger partial charge in [-0.1, -0.05) is 12.6 Å². The summed E-state index contributed by atoms with van der Waals surface area (Å²) < 4.78 is 0. The van der Waals surface area contributed by atoms with Crippen LogP contribution in [0.25, 0.3) is 0 Å². The van der Waals surface area contributed by atoms with Crippen LogP contribution in [0.4, 0.5) is 4.79 Å². The molecule has 0 aromatic rings. The number of nitriles is 1. The fraction of sp³-hybridized carbons (Fsp3) is 0. The minimum atomic E-state index is -1.69. The van der Waals surface area contributed by atoms with Crippen molar-refractivity contribution in [3.8, 4) is 5.40 Å². The molecule has 0 saturated heterocycles. The zero-order chi connectivity index (χ0) is 6.99. The number of nitrogens with zero attached hydrogens (tertiary/aromatic N) is 1. The molecule has 0 atom stereocenters. The van der Waals surface area contributed by atoms with Crippen LogP contribution >= 0.6 is 12.6 Å². The average molecular weight is 201 g/mol. The predicted molar refractivity (Wildman–Crippen MR) is 40.6 cm³/mol. The fourth-order valence-electron chi connectivity index (χ4n) is 0. The van der Waals surface area contributed by atoms with Crippen molar-refractivity contribution < 1.29 is 20.0 Å². The van der Waals surface area contributed by atoms with E-state index in [1.165, 1.54) is 5.40 Å². The number of thiol groups is 1. The minimum absolute atomic E-state index is 0. The van der Waals surface area contributed by atoms with Gasteiger partial charge in [-0.25, -0.2) is 4.79 Å². The number of carboxylic acid groups (broad SMARTS) is 1. The van der Waals surface area contributed by atoms with Gasteiger partial charge in [0.2, 0.25) is 0 Å². The summed E-state index contributed by atoms with van der Waals surface area (Å²) in [6, 6.07) is 0. The van der Waals surface area contributed by atoms with Crippen LogP contribution in [0.15, 0.2) is 0 Å². The summed E-state index contributed by atoms with van der Waals surface area (Å²) in [7, 11) is 0. The molecule has 5 nitrogen and oxygen atoms in total. The van der Waals surface area contributed by atoms with Crippen LogP contribution in [0.5, 0.6) is 0 Å². The zero-order valence-electron chi connectivity index (χ0n) is 3.61. The quantitative estimate of drug-likeness (QED) is 0.158. The molecule has 0 aromatic carbocycles. The molecular formula is C2H5KNNaO4S. The molecule has 0 amide bonds. The molecule has 0 aliphatic rings. The van der Waals surface area contributed by atoms with E-state index >= 15 is 0 Å². The summed E-state index contributed by atoms with van der Waals surface area (Å²) in [5.74, 6) is 0. The molecule has 0 radical (unpaired) electrons. The third kappa shape index (κ3) is 53.6. The van der Waals surface area contributed by atoms with Crippen LogP contribution in [0.3, 0.4) is 0 Å². The van der Waals surface area contributed by atoms with Crippen molar-refractivity contribution in [3.63, 3.8) is 0 Å². The second kappa shape index (κ2) is 22.4. The molecule has 10 heavy (non-hydrogen) atoms. The molecule has 2 N–H and O–H groups in total. The van der Waals surface area contributed by atoms with Gasteiger partial charge < -0.3 is 5.11 Å². The number of carbonyl (C=O) groups is 1. The van der Waals surface area contributed by atoms with Gasteiger partial charge >= 0.3 is 87.1 Å². The third-order valence-electron chi connectivity index (χ3n) is 0.0781. The van der Waals surface area contributed by atoms with Gasteiger partial charge in [0.15, 0.2) is 0 Å². The first-order valence-corrected chi connectivity index (χ1v) is 1.71. The summed E-state index contributed by atoms with van der Waals surface area (Å²) in [6.45, 7) is 0. The van der Waals surface area contributed by atoms with Crippen LogP contribution in [0.2, 0.25) is 0 Å². The summed E-state index contributed by atoms with van der Waals surface area (Å²) in [4.78, 5) is 11.6. The van der Waals surface area contributed by atoms with Gasteiger partial charge in [-0.2, -0.15) is 10.5 Å². The van der Waals surface area contributed by atoms with Crippen molar-refractivity contribution in [1.82, 2.24) is 0 Å². The molecule has 50 valence electrons. The molecule has 0 aliphatic carbocycles. The second-order valence-corrected chi connectivity index (χ2v) is 0.657. The number of rotatable bonds is 0. The predicted octanol–water partition coefficient (Wildman–Crippen LogP) is -0.746. The van der Waals surface area contributed by atoms with Gasteiger partial charge in [0.05, 0.1) is 0 Å². The molecule has 0 aliphatic heterocycles. The topological polar surface area (TPSA) is 90.6 Å². The molecule has 0 rings (SSSR count). The SMILES string of the molecule is N#CS.O=C(O)OO.[KH].[NaH]. The maximum atomic E-state index is 8.90. The molecule has 0 saturated carbocycles. The average Bonchev–Trinajstić information content (AvgIpc) is 1.69. The zero-order valence-corrected chi connectivity index (χ0v) is 4.50. The van der Waals surface area contributed by atoms with Crippen LogP contribution in [0.1, 0.15) is 0 Å². The first kappa shape index (κ1) is 22.6.